The molecule has 0 atom stereocenters. The highest BCUT2D eigenvalue weighted by atomic mass is 32.1. The molecule has 0 radical (unpaired) electrons. The summed E-state index contributed by atoms with van der Waals surface area (Å²) >= 11 is 1.13. The molecule has 3 rings (SSSR count). The highest BCUT2D eigenvalue weighted by Gasteiger charge is 2.03. The van der Waals surface area contributed by atoms with Gasteiger partial charge in [-0.25, -0.2) is 4.68 Å². The Morgan fingerprint density at radius 3 is 2.76 bits per heavy atom. The van der Waals surface area contributed by atoms with Crippen molar-refractivity contribution in [2.45, 2.75) is 6.54 Å². The summed E-state index contributed by atoms with van der Waals surface area (Å²) in [5, 5.41) is 6.40. The van der Waals surface area contributed by atoms with E-state index in [9.17, 15) is 4.79 Å². The molecule has 0 N–H and O–H groups in total. The normalized spacial score (nSPS) is 10.8. The fourth-order valence-corrected chi connectivity index (χ4v) is 2.42. The highest BCUT2D eigenvalue weighted by Crippen LogP contribution is 2.18. The van der Waals surface area contributed by atoms with Crippen LogP contribution in [0.5, 0.6) is 0 Å². The fraction of sp³-hybridized carbons (Fsp3) is 0.0769. The van der Waals surface area contributed by atoms with Crippen LogP contribution >= 0.6 is 11.3 Å². The number of benzene rings is 2. The largest absolute Gasteiger partial charge is 0.325 e. The number of hydrogen-bond donors (Lipinski definition) is 0. The van der Waals surface area contributed by atoms with Gasteiger partial charge in [-0.1, -0.05) is 53.8 Å². The smallest absolute Gasteiger partial charge is 0.255 e. The molecule has 0 aliphatic carbocycles. The molecule has 0 unspecified atom stereocenters. The highest BCUT2D eigenvalue weighted by molar-refractivity contribution is 7.06. The van der Waals surface area contributed by atoms with Crippen LogP contribution < -0.4 is 4.87 Å². The topological polar surface area (TPSA) is 34.9 Å². The summed E-state index contributed by atoms with van der Waals surface area (Å²) in [6, 6.07) is 14.3. The monoisotopic (exact) mass is 242 g/mol. The first-order chi connectivity index (χ1) is 8.34. The number of hydrogen-bond acceptors (Lipinski definition) is 3. The number of rotatable bonds is 2. The molecular weight excluding hydrogens is 232 g/mol. The Labute approximate surface area is 102 Å². The van der Waals surface area contributed by atoms with Crippen LogP contribution in [0.2, 0.25) is 0 Å². The van der Waals surface area contributed by atoms with Gasteiger partial charge in [0.05, 0.1) is 6.54 Å². The standard InChI is InChI=1S/C13H10N2OS/c16-13-15(14-9-17-13)8-11-6-3-5-10-4-1-2-7-12(10)11/h1-7,9H,8H2. The third-order valence-electron chi connectivity index (χ3n) is 2.75. The molecule has 3 aromatic rings. The van der Waals surface area contributed by atoms with E-state index in [1.807, 2.05) is 24.3 Å². The van der Waals surface area contributed by atoms with Crippen LogP contribution in [-0.4, -0.2) is 9.78 Å². The Morgan fingerprint density at radius 1 is 1.12 bits per heavy atom. The SMILES string of the molecule is O=c1scnn1Cc1cccc2ccccc12. The van der Waals surface area contributed by atoms with E-state index >= 15 is 0 Å². The van der Waals surface area contributed by atoms with E-state index in [1.54, 1.807) is 5.51 Å². The number of fused-ring (bicyclic) bond motifs is 1. The van der Waals surface area contributed by atoms with Gasteiger partial charge in [0.2, 0.25) is 0 Å². The van der Waals surface area contributed by atoms with Crippen molar-refractivity contribution in [1.29, 1.82) is 0 Å². The molecule has 4 heteroatoms. The molecule has 0 aliphatic heterocycles. The summed E-state index contributed by atoms with van der Waals surface area (Å²) in [4.78, 5) is 11.5. The van der Waals surface area contributed by atoms with Crippen molar-refractivity contribution in [3.8, 4) is 0 Å². The minimum atomic E-state index is -0.0158. The van der Waals surface area contributed by atoms with Crippen LogP contribution in [0.4, 0.5) is 0 Å². The lowest BCUT2D eigenvalue weighted by molar-refractivity contribution is 0.669. The average molecular weight is 242 g/mol. The van der Waals surface area contributed by atoms with Gasteiger partial charge in [0.15, 0.2) is 0 Å². The van der Waals surface area contributed by atoms with Gasteiger partial charge < -0.3 is 0 Å². The quantitative estimate of drug-likeness (QED) is 0.692. The van der Waals surface area contributed by atoms with Crippen molar-refractivity contribution in [1.82, 2.24) is 9.78 Å². The summed E-state index contributed by atoms with van der Waals surface area (Å²) in [6.07, 6.45) is 0. The second-order valence-corrected chi connectivity index (χ2v) is 4.60. The van der Waals surface area contributed by atoms with Crippen LogP contribution in [0.25, 0.3) is 10.8 Å². The average Bonchev–Trinajstić information content (AvgIpc) is 2.76. The van der Waals surface area contributed by atoms with E-state index in [2.05, 4.69) is 23.3 Å². The van der Waals surface area contributed by atoms with Gasteiger partial charge in [-0.05, 0) is 16.3 Å². The zero-order chi connectivity index (χ0) is 11.7. The maximum Gasteiger partial charge on any atom is 0.325 e. The molecule has 0 saturated heterocycles. The van der Waals surface area contributed by atoms with Crippen molar-refractivity contribution in [2.75, 3.05) is 0 Å². The van der Waals surface area contributed by atoms with Gasteiger partial charge in [0.25, 0.3) is 0 Å². The zero-order valence-electron chi connectivity index (χ0n) is 9.04. The van der Waals surface area contributed by atoms with E-state index in [0.717, 1.165) is 16.9 Å². The van der Waals surface area contributed by atoms with E-state index in [4.69, 9.17) is 0 Å². The Hall–Kier alpha value is -1.94. The molecule has 0 saturated carbocycles. The van der Waals surface area contributed by atoms with Gasteiger partial charge in [0.1, 0.15) is 5.51 Å². The Bertz CT molecular complexity index is 709. The minimum Gasteiger partial charge on any atom is -0.255 e. The van der Waals surface area contributed by atoms with E-state index < -0.39 is 0 Å². The molecule has 1 aromatic heterocycles. The lowest BCUT2D eigenvalue weighted by Crippen LogP contribution is -2.15. The van der Waals surface area contributed by atoms with Gasteiger partial charge >= 0.3 is 4.87 Å². The predicted octanol–water partition coefficient (Wildman–Crippen LogP) is 2.51. The van der Waals surface area contributed by atoms with E-state index in [-0.39, 0.29) is 4.87 Å². The summed E-state index contributed by atoms with van der Waals surface area (Å²) in [7, 11) is 0. The molecule has 0 amide bonds. The summed E-state index contributed by atoms with van der Waals surface area (Å²) in [6.45, 7) is 0.531. The van der Waals surface area contributed by atoms with Crippen LogP contribution in [0.3, 0.4) is 0 Å². The van der Waals surface area contributed by atoms with E-state index in [1.165, 1.54) is 15.5 Å². The molecule has 84 valence electrons. The Balaban J connectivity index is 2.12. The zero-order valence-corrected chi connectivity index (χ0v) is 9.85. The summed E-state index contributed by atoms with van der Waals surface area (Å²) in [5.74, 6) is 0. The second kappa shape index (κ2) is 4.14. The minimum absolute atomic E-state index is 0.0158. The maximum atomic E-state index is 11.5. The molecule has 17 heavy (non-hydrogen) atoms. The number of aromatic nitrogens is 2. The van der Waals surface area contributed by atoms with Crippen LogP contribution in [0.1, 0.15) is 5.56 Å². The van der Waals surface area contributed by atoms with Crippen LogP contribution in [0.15, 0.2) is 52.8 Å². The van der Waals surface area contributed by atoms with Crippen molar-refractivity contribution in [2.24, 2.45) is 0 Å². The molecule has 0 bridgehead atoms. The number of nitrogens with zero attached hydrogens (tertiary/aromatic N) is 2. The van der Waals surface area contributed by atoms with E-state index in [0.29, 0.717) is 6.54 Å². The second-order valence-electron chi connectivity index (χ2n) is 3.80. The third kappa shape index (κ3) is 1.87. The molecule has 0 spiro atoms. The van der Waals surface area contributed by atoms with Crippen molar-refractivity contribution in [3.63, 3.8) is 0 Å². The molecule has 1 heterocycles. The molecular formula is C13H10N2OS. The first kappa shape index (κ1) is 10.2. The summed E-state index contributed by atoms with van der Waals surface area (Å²) in [5.41, 5.74) is 2.70. The van der Waals surface area contributed by atoms with Crippen molar-refractivity contribution >= 4 is 22.1 Å². The maximum absolute atomic E-state index is 11.5. The predicted molar refractivity (Wildman–Crippen MR) is 69.4 cm³/mol. The lowest BCUT2D eigenvalue weighted by Gasteiger charge is -2.05. The van der Waals surface area contributed by atoms with Crippen molar-refractivity contribution in [3.05, 3.63) is 63.2 Å². The van der Waals surface area contributed by atoms with Gasteiger partial charge in [-0.3, -0.25) is 4.79 Å². The fourth-order valence-electron chi connectivity index (χ4n) is 1.93. The molecule has 2 aromatic carbocycles. The van der Waals surface area contributed by atoms with Gasteiger partial charge in [-0.2, -0.15) is 5.10 Å². The molecule has 0 fully saturated rings. The van der Waals surface area contributed by atoms with Crippen molar-refractivity contribution < 1.29 is 0 Å². The lowest BCUT2D eigenvalue weighted by atomic mass is 10.0. The summed E-state index contributed by atoms with van der Waals surface area (Å²) < 4.78 is 1.49. The third-order valence-corrected chi connectivity index (χ3v) is 3.36. The van der Waals surface area contributed by atoms with Gasteiger partial charge in [0, 0.05) is 0 Å². The van der Waals surface area contributed by atoms with Crippen LogP contribution in [-0.2, 0) is 6.54 Å². The first-order valence-corrected chi connectivity index (χ1v) is 6.20. The van der Waals surface area contributed by atoms with Gasteiger partial charge in [-0.15, -0.1) is 0 Å². The van der Waals surface area contributed by atoms with Crippen LogP contribution in [0, 0.1) is 0 Å². The Kier molecular flexibility index (Phi) is 2.49. The molecule has 0 aliphatic rings. The Morgan fingerprint density at radius 2 is 1.94 bits per heavy atom. The molecule has 3 nitrogen and oxygen atoms in total. The first-order valence-electron chi connectivity index (χ1n) is 5.32.